The zero-order chi connectivity index (χ0) is 39.0. The van der Waals surface area contributed by atoms with Crippen LogP contribution in [0.4, 0.5) is 0 Å². The largest absolute Gasteiger partial charge is 0.481 e. The second kappa shape index (κ2) is 14.6. The number of carboxylic acids is 2. The molecule has 294 valence electrons. The van der Waals surface area contributed by atoms with Crippen molar-refractivity contribution in [2.45, 2.75) is 168 Å². The first-order chi connectivity index (χ1) is 24.0. The van der Waals surface area contributed by atoms with Crippen LogP contribution in [-0.2, 0) is 47.7 Å². The van der Waals surface area contributed by atoms with E-state index in [-0.39, 0.29) is 40.1 Å². The van der Waals surface area contributed by atoms with Gasteiger partial charge in [0.05, 0.1) is 46.7 Å². The summed E-state index contributed by atoms with van der Waals surface area (Å²) in [5, 5.41) is 18.5. The molecule has 9 fully saturated rings. The fourth-order valence-electron chi connectivity index (χ4n) is 9.63. The van der Waals surface area contributed by atoms with E-state index < -0.39 is 39.4 Å². The van der Waals surface area contributed by atoms with Gasteiger partial charge in [0.15, 0.2) is 0 Å². The molecule has 0 radical (unpaired) electrons. The highest BCUT2D eigenvalue weighted by atomic mass is 16.6. The van der Waals surface area contributed by atoms with Gasteiger partial charge in [-0.05, 0) is 157 Å². The molecule has 9 rings (SSSR count). The Bertz CT molecular complexity index is 1340. The van der Waals surface area contributed by atoms with Crippen molar-refractivity contribution < 1.29 is 57.9 Å². The van der Waals surface area contributed by atoms with E-state index in [1.807, 2.05) is 41.5 Å². The number of methoxy groups -OCH3 is 2. The lowest BCUT2D eigenvalue weighted by atomic mass is 9.53. The molecule has 6 bridgehead atoms. The number of carbonyl (C=O) groups is 6. The lowest BCUT2D eigenvalue weighted by Gasteiger charge is -2.50. The molecule has 0 heterocycles. The zero-order valence-electron chi connectivity index (χ0n) is 32.7. The summed E-state index contributed by atoms with van der Waals surface area (Å²) in [6.45, 7) is 11.3. The summed E-state index contributed by atoms with van der Waals surface area (Å²) in [5.74, 6) is -1.86. The summed E-state index contributed by atoms with van der Waals surface area (Å²) >= 11 is 0. The van der Waals surface area contributed by atoms with Crippen molar-refractivity contribution in [2.24, 2.45) is 32.5 Å². The van der Waals surface area contributed by atoms with Gasteiger partial charge in [-0.15, -0.1) is 0 Å². The second-order valence-electron chi connectivity index (χ2n) is 18.8. The third-order valence-corrected chi connectivity index (χ3v) is 13.5. The van der Waals surface area contributed by atoms with Crippen molar-refractivity contribution in [1.29, 1.82) is 0 Å². The molecule has 12 heteroatoms. The highest BCUT2D eigenvalue weighted by Crippen LogP contribution is 2.60. The quantitative estimate of drug-likeness (QED) is 0.208. The number of esters is 4. The average molecular weight is 735 g/mol. The Morgan fingerprint density at radius 2 is 0.538 bits per heavy atom. The molecular formula is C40H62O12. The van der Waals surface area contributed by atoms with Crippen LogP contribution in [0.15, 0.2) is 0 Å². The maximum atomic E-state index is 12.4. The minimum Gasteiger partial charge on any atom is -0.481 e. The van der Waals surface area contributed by atoms with Gasteiger partial charge in [0.25, 0.3) is 0 Å². The van der Waals surface area contributed by atoms with Crippen LogP contribution in [-0.4, -0.2) is 71.5 Å². The van der Waals surface area contributed by atoms with Crippen LogP contribution in [0.2, 0.25) is 0 Å². The minimum atomic E-state index is -0.694. The second-order valence-corrected chi connectivity index (χ2v) is 18.8. The van der Waals surface area contributed by atoms with E-state index in [4.69, 9.17) is 18.9 Å². The lowest BCUT2D eigenvalue weighted by molar-refractivity contribution is -0.184. The van der Waals surface area contributed by atoms with E-state index in [0.717, 1.165) is 38.5 Å². The van der Waals surface area contributed by atoms with Crippen molar-refractivity contribution in [3.63, 3.8) is 0 Å². The van der Waals surface area contributed by atoms with Crippen LogP contribution in [0.25, 0.3) is 0 Å². The molecule has 0 unspecified atom stereocenters. The van der Waals surface area contributed by atoms with Gasteiger partial charge in [-0.3, -0.25) is 28.8 Å². The lowest BCUT2D eigenvalue weighted by Crippen LogP contribution is -2.51. The van der Waals surface area contributed by atoms with Crippen LogP contribution >= 0.6 is 0 Å². The molecule has 0 aromatic heterocycles. The number of rotatable bonds is 6. The summed E-state index contributed by atoms with van der Waals surface area (Å²) in [7, 11) is 2.85. The van der Waals surface area contributed by atoms with Gasteiger partial charge in [-0.1, -0.05) is 0 Å². The SMILES string of the molecule is CC(C)(C)OC(=O)C12CCC(C(=O)O)(CC1)CC2.COC(=O)C12CCC(C(=O)O)(CC1)CC2.COC(=O)C12CCC(C(=O)OC(C)(C)C)(CC1)CC2. The summed E-state index contributed by atoms with van der Waals surface area (Å²) in [6.07, 6.45) is 12.2. The normalized spacial score (nSPS) is 35.8. The summed E-state index contributed by atoms with van der Waals surface area (Å²) in [5.41, 5.74) is -3.50. The average Bonchev–Trinajstić information content (AvgIpc) is 3.12. The van der Waals surface area contributed by atoms with E-state index in [1.54, 1.807) is 0 Å². The maximum absolute atomic E-state index is 12.4. The third-order valence-electron chi connectivity index (χ3n) is 13.5. The Kier molecular flexibility index (Phi) is 11.6. The number of hydrogen-bond acceptors (Lipinski definition) is 10. The van der Waals surface area contributed by atoms with Gasteiger partial charge in [-0.25, -0.2) is 0 Å². The molecule has 9 aliphatic carbocycles. The minimum absolute atomic E-state index is 0.0850. The van der Waals surface area contributed by atoms with Crippen LogP contribution in [0.5, 0.6) is 0 Å². The van der Waals surface area contributed by atoms with Crippen LogP contribution < -0.4 is 0 Å². The summed E-state index contributed by atoms with van der Waals surface area (Å²) in [4.78, 5) is 70.7. The number of ether oxygens (including phenoxy) is 4. The van der Waals surface area contributed by atoms with Crippen molar-refractivity contribution in [1.82, 2.24) is 0 Å². The van der Waals surface area contributed by atoms with Crippen molar-refractivity contribution in [3.8, 4) is 0 Å². The number of aliphatic carboxylic acids is 2. The predicted molar refractivity (Wildman–Crippen MR) is 189 cm³/mol. The van der Waals surface area contributed by atoms with Crippen LogP contribution in [0.1, 0.15) is 157 Å². The molecule has 9 saturated carbocycles. The first-order valence-electron chi connectivity index (χ1n) is 19.1. The Morgan fingerprint density at radius 3 is 0.692 bits per heavy atom. The number of carboxylic acid groups (broad SMARTS) is 2. The van der Waals surface area contributed by atoms with Gasteiger partial charge >= 0.3 is 35.8 Å². The first-order valence-corrected chi connectivity index (χ1v) is 19.1. The molecule has 0 amide bonds. The number of carbonyl (C=O) groups excluding carboxylic acids is 4. The van der Waals surface area contributed by atoms with Gasteiger partial charge in [0, 0.05) is 0 Å². The molecular weight excluding hydrogens is 672 g/mol. The summed E-state index contributed by atoms with van der Waals surface area (Å²) < 4.78 is 20.8. The van der Waals surface area contributed by atoms with Crippen molar-refractivity contribution in [2.75, 3.05) is 14.2 Å². The van der Waals surface area contributed by atoms with Crippen molar-refractivity contribution in [3.05, 3.63) is 0 Å². The Balaban J connectivity index is 0.000000176. The number of hydrogen-bond donors (Lipinski definition) is 2. The highest BCUT2D eigenvalue weighted by molar-refractivity contribution is 5.83. The molecule has 0 atom stereocenters. The van der Waals surface area contributed by atoms with E-state index in [9.17, 15) is 39.0 Å². The molecule has 2 N–H and O–H groups in total. The van der Waals surface area contributed by atoms with E-state index in [1.165, 1.54) is 14.2 Å². The van der Waals surface area contributed by atoms with E-state index >= 15 is 0 Å². The summed E-state index contributed by atoms with van der Waals surface area (Å²) in [6, 6.07) is 0. The zero-order valence-corrected chi connectivity index (χ0v) is 32.7. The number of fused-ring (bicyclic) bond motifs is 9. The molecule has 0 spiro atoms. The molecule has 0 aromatic carbocycles. The fourth-order valence-corrected chi connectivity index (χ4v) is 9.63. The first kappa shape index (κ1) is 41.6. The van der Waals surface area contributed by atoms with Gasteiger partial charge < -0.3 is 29.2 Å². The topological polar surface area (TPSA) is 180 Å². The Labute approximate surface area is 308 Å². The monoisotopic (exact) mass is 734 g/mol. The van der Waals surface area contributed by atoms with Gasteiger partial charge in [0.1, 0.15) is 11.2 Å². The molecule has 12 nitrogen and oxygen atoms in total. The molecule has 9 aliphatic rings. The van der Waals surface area contributed by atoms with Gasteiger partial charge in [-0.2, -0.15) is 0 Å². The maximum Gasteiger partial charge on any atom is 0.312 e. The molecule has 52 heavy (non-hydrogen) atoms. The van der Waals surface area contributed by atoms with E-state index in [2.05, 4.69) is 0 Å². The van der Waals surface area contributed by atoms with Crippen LogP contribution in [0.3, 0.4) is 0 Å². The predicted octanol–water partition coefficient (Wildman–Crippen LogP) is 7.18. The Morgan fingerprint density at radius 1 is 0.365 bits per heavy atom. The van der Waals surface area contributed by atoms with Crippen molar-refractivity contribution >= 4 is 35.8 Å². The molecule has 0 saturated heterocycles. The van der Waals surface area contributed by atoms with E-state index in [0.29, 0.717) is 77.0 Å². The molecule has 0 aliphatic heterocycles. The molecule has 0 aromatic rings. The fraction of sp³-hybridized carbons (Fsp3) is 0.850. The Hall–Kier alpha value is -3.18. The van der Waals surface area contributed by atoms with Gasteiger partial charge in [0.2, 0.25) is 0 Å². The van der Waals surface area contributed by atoms with Crippen LogP contribution in [0, 0.1) is 32.5 Å². The highest BCUT2D eigenvalue weighted by Gasteiger charge is 2.59. The smallest absolute Gasteiger partial charge is 0.312 e. The standard InChI is InChI=1S/C15H24O4.C14H22O4.C11H16O4/c1-13(2,3)19-12(17)15-8-5-14(6-9-15,7-10-15)11(16)18-4;1-12(2,3)18-11(17)14-7-4-13(5-8-14,6-9-14)10(15)16;1-15-9(14)11-5-2-10(3-6-11,4-7-11)8(12)13/h5-10H2,1-4H3;4-9H2,1-3H3,(H,15,16);2-7H2,1H3,(H,12,13). The third kappa shape index (κ3) is 8.15.